The molecule has 146 valence electrons. The van der Waals surface area contributed by atoms with Crippen LogP contribution in [0.25, 0.3) is 6.08 Å². The van der Waals surface area contributed by atoms with E-state index in [1.54, 1.807) is 5.56 Å². The zero-order chi connectivity index (χ0) is 19.3. The molecular formula is C28H34. The molecule has 0 radical (unpaired) electrons. The van der Waals surface area contributed by atoms with Crippen LogP contribution in [-0.4, -0.2) is 0 Å². The van der Waals surface area contributed by atoms with Crippen molar-refractivity contribution in [3.63, 3.8) is 0 Å². The number of aryl methyl sites for hydroxylation is 1. The minimum atomic E-state index is 0.672. The molecule has 2 aliphatic carbocycles. The lowest BCUT2D eigenvalue weighted by Crippen LogP contribution is -2.14. The number of allylic oxidation sites excluding steroid dienone is 1. The number of hydrogen-bond donors (Lipinski definition) is 0. The summed E-state index contributed by atoms with van der Waals surface area (Å²) < 4.78 is 0. The zero-order valence-corrected chi connectivity index (χ0v) is 17.2. The molecule has 4 rings (SSSR count). The Bertz CT molecular complexity index is 802. The molecule has 0 N–H and O–H groups in total. The van der Waals surface area contributed by atoms with Crippen molar-refractivity contribution in [3.05, 3.63) is 89.5 Å². The molecule has 2 aliphatic rings. The highest BCUT2D eigenvalue weighted by atomic mass is 14.3. The molecule has 0 saturated heterocycles. The highest BCUT2D eigenvalue weighted by Crippen LogP contribution is 2.39. The van der Waals surface area contributed by atoms with Crippen molar-refractivity contribution in [1.29, 1.82) is 0 Å². The van der Waals surface area contributed by atoms with Crippen LogP contribution in [0, 0.1) is 5.92 Å². The van der Waals surface area contributed by atoms with Crippen LogP contribution in [0.2, 0.25) is 0 Å². The summed E-state index contributed by atoms with van der Waals surface area (Å²) >= 11 is 0. The molecule has 0 bridgehead atoms. The summed E-state index contributed by atoms with van der Waals surface area (Å²) in [5.74, 6) is 2.38. The van der Waals surface area contributed by atoms with Gasteiger partial charge in [0, 0.05) is 0 Å². The van der Waals surface area contributed by atoms with Crippen LogP contribution in [-0.2, 0) is 12.8 Å². The van der Waals surface area contributed by atoms with Crippen LogP contribution in [0.4, 0.5) is 0 Å². The van der Waals surface area contributed by atoms with Gasteiger partial charge in [-0.25, -0.2) is 0 Å². The van der Waals surface area contributed by atoms with Gasteiger partial charge in [0.05, 0.1) is 0 Å². The van der Waals surface area contributed by atoms with E-state index in [1.165, 1.54) is 80.0 Å². The van der Waals surface area contributed by atoms with Gasteiger partial charge in [0.15, 0.2) is 0 Å². The van der Waals surface area contributed by atoms with Crippen molar-refractivity contribution >= 4 is 6.08 Å². The van der Waals surface area contributed by atoms with Gasteiger partial charge in [-0.2, -0.15) is 0 Å². The maximum Gasteiger partial charge on any atom is -0.0118 e. The predicted octanol–water partition coefficient (Wildman–Crippen LogP) is 7.84. The lowest BCUT2D eigenvalue weighted by molar-refractivity contribution is 0.312. The van der Waals surface area contributed by atoms with E-state index in [-0.39, 0.29) is 0 Å². The second-order valence-electron chi connectivity index (χ2n) is 8.92. The van der Waals surface area contributed by atoms with Crippen LogP contribution < -0.4 is 0 Å². The Kier molecular flexibility index (Phi) is 6.15. The smallest absolute Gasteiger partial charge is 0.0118 e. The van der Waals surface area contributed by atoms with Gasteiger partial charge >= 0.3 is 0 Å². The molecular weight excluding hydrogens is 336 g/mol. The van der Waals surface area contributed by atoms with Gasteiger partial charge in [0.25, 0.3) is 0 Å². The first-order chi connectivity index (χ1) is 13.8. The first kappa shape index (κ1) is 19.2. The fourth-order valence-electron chi connectivity index (χ4n) is 5.36. The van der Waals surface area contributed by atoms with E-state index in [0.717, 1.165) is 11.8 Å². The van der Waals surface area contributed by atoms with E-state index in [0.29, 0.717) is 5.92 Å². The third-order valence-corrected chi connectivity index (χ3v) is 7.20. The third-order valence-electron chi connectivity index (χ3n) is 7.20. The fourth-order valence-corrected chi connectivity index (χ4v) is 5.36. The molecule has 0 heteroatoms. The summed E-state index contributed by atoms with van der Waals surface area (Å²) in [6.45, 7) is 7.77. The van der Waals surface area contributed by atoms with Crippen LogP contribution in [0.1, 0.15) is 84.6 Å². The average Bonchev–Trinajstić information content (AvgIpc) is 2.77. The van der Waals surface area contributed by atoms with Crippen LogP contribution >= 0.6 is 0 Å². The molecule has 0 aliphatic heterocycles. The van der Waals surface area contributed by atoms with E-state index in [4.69, 9.17) is 0 Å². The van der Waals surface area contributed by atoms with E-state index >= 15 is 0 Å². The molecule has 2 aromatic carbocycles. The standard InChI is InChI=1S/C28H34/c1-3-5-6-22-8-10-23(11-9-22)24-13-15-25(16-14-24)27-18-17-26-19-21(4-2)7-12-28(26)20-27/h3-4,7,12-16,19,22-23,27H,1-2,5-6,8-11,17-18,20H2. The van der Waals surface area contributed by atoms with Crippen LogP contribution in [0.3, 0.4) is 0 Å². The summed E-state index contributed by atoms with van der Waals surface area (Å²) in [5.41, 5.74) is 7.41. The summed E-state index contributed by atoms with van der Waals surface area (Å²) in [6.07, 6.45) is 15.7. The molecule has 1 atom stereocenters. The van der Waals surface area contributed by atoms with Gasteiger partial charge < -0.3 is 0 Å². The highest BCUT2D eigenvalue weighted by Gasteiger charge is 2.23. The van der Waals surface area contributed by atoms with E-state index in [2.05, 4.69) is 61.7 Å². The molecule has 0 nitrogen and oxygen atoms in total. The van der Waals surface area contributed by atoms with Crippen LogP contribution in [0.15, 0.2) is 61.7 Å². The first-order valence-corrected chi connectivity index (χ1v) is 11.2. The minimum absolute atomic E-state index is 0.672. The summed E-state index contributed by atoms with van der Waals surface area (Å²) in [5, 5.41) is 0. The van der Waals surface area contributed by atoms with Crippen molar-refractivity contribution in [2.45, 2.75) is 69.6 Å². The quantitative estimate of drug-likeness (QED) is 0.454. The largest absolute Gasteiger partial charge is 0.103 e. The summed E-state index contributed by atoms with van der Waals surface area (Å²) in [7, 11) is 0. The SMILES string of the molecule is C=CCCC1CCC(c2ccc(C3CCc4cc(C=C)ccc4C3)cc2)CC1. The molecule has 0 amide bonds. The van der Waals surface area contributed by atoms with Gasteiger partial charge in [0.2, 0.25) is 0 Å². The Morgan fingerprint density at radius 2 is 1.50 bits per heavy atom. The van der Waals surface area contributed by atoms with Crippen LogP contribution in [0.5, 0.6) is 0 Å². The van der Waals surface area contributed by atoms with Gasteiger partial charge in [-0.15, -0.1) is 6.58 Å². The maximum atomic E-state index is 3.90. The van der Waals surface area contributed by atoms with E-state index in [1.807, 2.05) is 6.08 Å². The highest BCUT2D eigenvalue weighted by molar-refractivity contribution is 5.51. The summed E-state index contributed by atoms with van der Waals surface area (Å²) in [4.78, 5) is 0. The Balaban J connectivity index is 1.37. The second kappa shape index (κ2) is 8.95. The van der Waals surface area contributed by atoms with Gasteiger partial charge in [-0.05, 0) is 103 Å². The molecule has 0 aromatic heterocycles. The van der Waals surface area contributed by atoms with Crippen molar-refractivity contribution in [2.75, 3.05) is 0 Å². The molecule has 2 aromatic rings. The topological polar surface area (TPSA) is 0 Å². The van der Waals surface area contributed by atoms with Gasteiger partial charge in [-0.1, -0.05) is 61.2 Å². The van der Waals surface area contributed by atoms with Crippen molar-refractivity contribution in [3.8, 4) is 0 Å². The van der Waals surface area contributed by atoms with Crippen molar-refractivity contribution in [2.24, 2.45) is 5.92 Å². The summed E-state index contributed by atoms with van der Waals surface area (Å²) in [6, 6.07) is 16.6. The number of fused-ring (bicyclic) bond motifs is 1. The van der Waals surface area contributed by atoms with Crippen molar-refractivity contribution in [1.82, 2.24) is 0 Å². The fraction of sp³-hybridized carbons (Fsp3) is 0.429. The maximum absolute atomic E-state index is 3.90. The Hall–Kier alpha value is -2.08. The van der Waals surface area contributed by atoms with E-state index < -0.39 is 0 Å². The molecule has 1 unspecified atom stereocenters. The average molecular weight is 371 g/mol. The van der Waals surface area contributed by atoms with Crippen molar-refractivity contribution < 1.29 is 0 Å². The number of hydrogen-bond acceptors (Lipinski definition) is 0. The molecule has 0 spiro atoms. The first-order valence-electron chi connectivity index (χ1n) is 11.2. The monoisotopic (exact) mass is 370 g/mol. The normalized spacial score (nSPS) is 24.4. The second-order valence-corrected chi connectivity index (χ2v) is 8.92. The minimum Gasteiger partial charge on any atom is -0.103 e. The lowest BCUT2D eigenvalue weighted by atomic mass is 9.76. The Morgan fingerprint density at radius 3 is 2.18 bits per heavy atom. The lowest BCUT2D eigenvalue weighted by Gasteiger charge is -2.29. The van der Waals surface area contributed by atoms with Gasteiger partial charge in [-0.3, -0.25) is 0 Å². The molecule has 0 heterocycles. The Labute approximate surface area is 171 Å². The third kappa shape index (κ3) is 4.32. The number of benzene rings is 2. The molecule has 1 saturated carbocycles. The zero-order valence-electron chi connectivity index (χ0n) is 17.2. The van der Waals surface area contributed by atoms with Gasteiger partial charge in [0.1, 0.15) is 0 Å². The molecule has 28 heavy (non-hydrogen) atoms. The van der Waals surface area contributed by atoms with E-state index in [9.17, 15) is 0 Å². The Morgan fingerprint density at radius 1 is 0.786 bits per heavy atom. The molecule has 1 fully saturated rings. The predicted molar refractivity (Wildman–Crippen MR) is 122 cm³/mol. The number of rotatable bonds is 6.